The van der Waals surface area contributed by atoms with Crippen LogP contribution in [0.4, 0.5) is 0 Å². The van der Waals surface area contributed by atoms with Crippen LogP contribution in [0.5, 0.6) is 0 Å². The van der Waals surface area contributed by atoms with Crippen molar-refractivity contribution in [3.8, 4) is 0 Å². The standard InChI is InChI=1S/C16H18N2O2S/c1-10-15(21-11(2)17-10)9-18-8-13-6-4-3-5-12(13)7-14(18)16(19)20/h3-6,14H,7-9H2,1-2H3,(H,19,20). The number of nitrogens with zero attached hydrogens (tertiary/aromatic N) is 2. The number of fused-ring (bicyclic) bond motifs is 1. The van der Waals surface area contributed by atoms with E-state index in [1.807, 2.05) is 36.9 Å². The van der Waals surface area contributed by atoms with Gasteiger partial charge in [0.1, 0.15) is 6.04 Å². The zero-order valence-electron chi connectivity index (χ0n) is 12.2. The molecule has 110 valence electrons. The van der Waals surface area contributed by atoms with Gasteiger partial charge in [-0.15, -0.1) is 11.3 Å². The molecule has 0 spiro atoms. The van der Waals surface area contributed by atoms with Crippen LogP contribution in [-0.2, 0) is 24.3 Å². The Morgan fingerprint density at radius 2 is 2.10 bits per heavy atom. The highest BCUT2D eigenvalue weighted by Gasteiger charge is 2.31. The van der Waals surface area contributed by atoms with Crippen molar-refractivity contribution in [2.45, 2.75) is 39.4 Å². The maximum atomic E-state index is 11.6. The molecule has 0 saturated heterocycles. The van der Waals surface area contributed by atoms with Crippen molar-refractivity contribution in [1.29, 1.82) is 0 Å². The number of benzene rings is 1. The van der Waals surface area contributed by atoms with E-state index in [1.165, 1.54) is 5.56 Å². The Bertz CT molecular complexity index is 681. The molecule has 21 heavy (non-hydrogen) atoms. The molecule has 0 aliphatic carbocycles. The Balaban J connectivity index is 1.89. The fourth-order valence-electron chi connectivity index (χ4n) is 2.89. The Labute approximate surface area is 128 Å². The first-order valence-corrected chi connectivity index (χ1v) is 7.83. The fourth-order valence-corrected chi connectivity index (χ4v) is 3.85. The van der Waals surface area contributed by atoms with Gasteiger partial charge in [-0.2, -0.15) is 0 Å². The molecule has 0 saturated carbocycles. The number of carboxylic acid groups (broad SMARTS) is 1. The summed E-state index contributed by atoms with van der Waals surface area (Å²) in [5, 5.41) is 10.6. The van der Waals surface area contributed by atoms with Gasteiger partial charge in [0.05, 0.1) is 10.7 Å². The van der Waals surface area contributed by atoms with Crippen molar-refractivity contribution in [3.05, 3.63) is 51.0 Å². The molecule has 1 aromatic heterocycles. The fraction of sp³-hybridized carbons (Fsp3) is 0.375. The summed E-state index contributed by atoms with van der Waals surface area (Å²) in [5.74, 6) is -0.747. The van der Waals surface area contributed by atoms with Crippen molar-refractivity contribution >= 4 is 17.3 Å². The van der Waals surface area contributed by atoms with Crippen LogP contribution in [0.1, 0.15) is 26.7 Å². The Hall–Kier alpha value is -1.72. The summed E-state index contributed by atoms with van der Waals surface area (Å²) in [7, 11) is 0. The smallest absolute Gasteiger partial charge is 0.321 e. The summed E-state index contributed by atoms with van der Waals surface area (Å²) in [6, 6.07) is 7.65. The molecule has 0 fully saturated rings. The van der Waals surface area contributed by atoms with E-state index in [-0.39, 0.29) is 0 Å². The van der Waals surface area contributed by atoms with Crippen molar-refractivity contribution in [1.82, 2.24) is 9.88 Å². The topological polar surface area (TPSA) is 53.4 Å². The molecule has 1 unspecified atom stereocenters. The van der Waals surface area contributed by atoms with Crippen LogP contribution in [0.3, 0.4) is 0 Å². The van der Waals surface area contributed by atoms with Crippen LogP contribution in [0.15, 0.2) is 24.3 Å². The van der Waals surface area contributed by atoms with Gasteiger partial charge < -0.3 is 5.11 Å². The molecule has 3 rings (SSSR count). The van der Waals surface area contributed by atoms with E-state index >= 15 is 0 Å². The molecule has 0 amide bonds. The SMILES string of the molecule is Cc1nc(C)c(CN2Cc3ccccc3CC2C(=O)O)s1. The minimum atomic E-state index is -0.747. The summed E-state index contributed by atoms with van der Waals surface area (Å²) in [6.45, 7) is 5.32. The average molecular weight is 302 g/mol. The monoisotopic (exact) mass is 302 g/mol. The second-order valence-electron chi connectivity index (χ2n) is 5.47. The molecular formula is C16H18N2O2S. The largest absolute Gasteiger partial charge is 0.480 e. The molecule has 1 atom stereocenters. The summed E-state index contributed by atoms with van der Waals surface area (Å²) in [4.78, 5) is 19.2. The number of hydrogen-bond acceptors (Lipinski definition) is 4. The highest BCUT2D eigenvalue weighted by Crippen LogP contribution is 2.27. The first-order chi connectivity index (χ1) is 10.0. The molecule has 0 radical (unpaired) electrons. The predicted octanol–water partition coefficient (Wildman–Crippen LogP) is 2.77. The van der Waals surface area contributed by atoms with E-state index in [4.69, 9.17) is 0 Å². The summed E-state index contributed by atoms with van der Waals surface area (Å²) >= 11 is 1.66. The minimum absolute atomic E-state index is 0.457. The van der Waals surface area contributed by atoms with Gasteiger partial charge in [-0.1, -0.05) is 24.3 Å². The molecule has 2 aromatic rings. The summed E-state index contributed by atoms with van der Waals surface area (Å²) in [6.07, 6.45) is 0.572. The molecule has 5 heteroatoms. The summed E-state index contributed by atoms with van der Waals surface area (Å²) in [5.41, 5.74) is 3.40. The molecule has 4 nitrogen and oxygen atoms in total. The minimum Gasteiger partial charge on any atom is -0.480 e. The first kappa shape index (κ1) is 14.2. The third-order valence-corrected chi connectivity index (χ3v) is 5.03. The third-order valence-electron chi connectivity index (χ3n) is 3.98. The van der Waals surface area contributed by atoms with Gasteiger partial charge in [-0.05, 0) is 31.4 Å². The van der Waals surface area contributed by atoms with Gasteiger partial charge in [0.15, 0.2) is 0 Å². The van der Waals surface area contributed by atoms with E-state index in [1.54, 1.807) is 11.3 Å². The summed E-state index contributed by atoms with van der Waals surface area (Å²) < 4.78 is 0. The van der Waals surface area contributed by atoms with E-state index in [0.717, 1.165) is 21.1 Å². The average Bonchev–Trinajstić information content (AvgIpc) is 2.76. The molecule has 1 N–H and O–H groups in total. The number of aryl methyl sites for hydroxylation is 2. The molecule has 2 heterocycles. The molecular weight excluding hydrogens is 284 g/mol. The lowest BCUT2D eigenvalue weighted by molar-refractivity contribution is -0.144. The van der Waals surface area contributed by atoms with Crippen LogP contribution >= 0.6 is 11.3 Å². The van der Waals surface area contributed by atoms with E-state index in [9.17, 15) is 9.90 Å². The van der Waals surface area contributed by atoms with Gasteiger partial charge >= 0.3 is 5.97 Å². The van der Waals surface area contributed by atoms with E-state index in [2.05, 4.69) is 11.1 Å². The Kier molecular flexibility index (Phi) is 3.78. The first-order valence-electron chi connectivity index (χ1n) is 7.01. The second kappa shape index (κ2) is 5.58. The van der Waals surface area contributed by atoms with Gasteiger partial charge in [-0.25, -0.2) is 4.98 Å². The Morgan fingerprint density at radius 1 is 1.38 bits per heavy atom. The lowest BCUT2D eigenvalue weighted by Crippen LogP contribution is -2.44. The van der Waals surface area contributed by atoms with Crippen LogP contribution in [-0.4, -0.2) is 27.0 Å². The highest BCUT2D eigenvalue weighted by molar-refractivity contribution is 7.11. The quantitative estimate of drug-likeness (QED) is 0.947. The zero-order chi connectivity index (χ0) is 15.0. The van der Waals surface area contributed by atoms with Crippen LogP contribution in [0.2, 0.25) is 0 Å². The number of aromatic nitrogens is 1. The van der Waals surface area contributed by atoms with Crippen molar-refractivity contribution in [2.75, 3.05) is 0 Å². The Morgan fingerprint density at radius 3 is 2.71 bits per heavy atom. The van der Waals surface area contributed by atoms with Crippen LogP contribution < -0.4 is 0 Å². The molecule has 1 aliphatic rings. The van der Waals surface area contributed by atoms with Gasteiger partial charge in [0.25, 0.3) is 0 Å². The number of carbonyl (C=O) groups is 1. The van der Waals surface area contributed by atoms with Crippen molar-refractivity contribution in [2.24, 2.45) is 0 Å². The second-order valence-corrected chi connectivity index (χ2v) is 6.76. The van der Waals surface area contributed by atoms with Gasteiger partial charge in [0, 0.05) is 18.0 Å². The van der Waals surface area contributed by atoms with Crippen LogP contribution in [0, 0.1) is 13.8 Å². The lowest BCUT2D eigenvalue weighted by atomic mass is 9.94. The molecule has 1 aliphatic heterocycles. The molecule has 0 bridgehead atoms. The van der Waals surface area contributed by atoms with Gasteiger partial charge in [-0.3, -0.25) is 9.69 Å². The maximum absolute atomic E-state index is 11.6. The lowest BCUT2D eigenvalue weighted by Gasteiger charge is -2.34. The normalized spacial score (nSPS) is 18.5. The number of rotatable bonds is 3. The zero-order valence-corrected chi connectivity index (χ0v) is 13.0. The predicted molar refractivity (Wildman–Crippen MR) is 82.4 cm³/mol. The van der Waals surface area contributed by atoms with Gasteiger partial charge in [0.2, 0.25) is 0 Å². The number of aliphatic carboxylic acids is 1. The van der Waals surface area contributed by atoms with Crippen molar-refractivity contribution in [3.63, 3.8) is 0 Å². The van der Waals surface area contributed by atoms with E-state index in [0.29, 0.717) is 19.5 Å². The highest BCUT2D eigenvalue weighted by atomic mass is 32.1. The molecule has 1 aromatic carbocycles. The number of hydrogen-bond donors (Lipinski definition) is 1. The maximum Gasteiger partial charge on any atom is 0.321 e. The van der Waals surface area contributed by atoms with E-state index < -0.39 is 12.0 Å². The van der Waals surface area contributed by atoms with Crippen molar-refractivity contribution < 1.29 is 9.90 Å². The third kappa shape index (κ3) is 2.84. The number of carboxylic acids is 1. The van der Waals surface area contributed by atoms with Crippen LogP contribution in [0.25, 0.3) is 0 Å². The number of thiazole rings is 1.